The lowest BCUT2D eigenvalue weighted by atomic mass is 10.2. The maximum absolute atomic E-state index is 11.9. The molecule has 1 fully saturated rings. The van der Waals surface area contributed by atoms with Crippen LogP contribution in [0.15, 0.2) is 23.4 Å². The van der Waals surface area contributed by atoms with E-state index in [1.165, 1.54) is 18.5 Å². The Kier molecular flexibility index (Phi) is 2.63. The molecule has 1 aromatic heterocycles. The van der Waals surface area contributed by atoms with Crippen LogP contribution in [-0.4, -0.2) is 19.9 Å². The molecule has 5 nitrogen and oxygen atoms in total. The topological polar surface area (TPSA) is 85.1 Å². The summed E-state index contributed by atoms with van der Waals surface area (Å²) in [7, 11) is -3.52. The molecule has 16 heavy (non-hydrogen) atoms. The lowest BCUT2D eigenvalue weighted by Gasteiger charge is -2.11. The predicted octanol–water partition coefficient (Wildman–Crippen LogP) is 0.742. The Morgan fingerprint density at radius 3 is 2.81 bits per heavy atom. The van der Waals surface area contributed by atoms with Gasteiger partial charge in [-0.1, -0.05) is 6.92 Å². The molecule has 6 heteroatoms. The number of anilines is 1. The van der Waals surface area contributed by atoms with Crippen molar-refractivity contribution in [1.29, 1.82) is 0 Å². The first kappa shape index (κ1) is 11.3. The molecule has 0 spiro atoms. The maximum Gasteiger partial charge on any atom is 0.244 e. The molecule has 0 aliphatic heterocycles. The van der Waals surface area contributed by atoms with E-state index in [-0.39, 0.29) is 16.0 Å². The summed E-state index contributed by atoms with van der Waals surface area (Å²) in [5.41, 5.74) is 5.96. The van der Waals surface area contributed by atoms with Crippen molar-refractivity contribution in [3.63, 3.8) is 0 Å². The highest BCUT2D eigenvalue weighted by Gasteiger charge is 2.38. The van der Waals surface area contributed by atoms with E-state index < -0.39 is 10.0 Å². The molecule has 0 amide bonds. The zero-order valence-corrected chi connectivity index (χ0v) is 9.92. The predicted molar refractivity (Wildman–Crippen MR) is 61.2 cm³/mol. The van der Waals surface area contributed by atoms with Crippen LogP contribution in [0.3, 0.4) is 0 Å². The SMILES string of the molecule is CC1(CNS(=O)(=O)c2cnccc2N)CC1. The van der Waals surface area contributed by atoms with Gasteiger partial charge in [0.25, 0.3) is 0 Å². The summed E-state index contributed by atoms with van der Waals surface area (Å²) in [6.07, 6.45) is 4.87. The van der Waals surface area contributed by atoms with E-state index in [0.717, 1.165) is 12.8 Å². The summed E-state index contributed by atoms with van der Waals surface area (Å²) in [4.78, 5) is 3.83. The van der Waals surface area contributed by atoms with E-state index in [9.17, 15) is 8.42 Å². The molecule has 2 rings (SSSR count). The first-order valence-electron chi connectivity index (χ1n) is 5.12. The Morgan fingerprint density at radius 1 is 1.56 bits per heavy atom. The third-order valence-electron chi connectivity index (χ3n) is 2.90. The minimum atomic E-state index is -3.52. The van der Waals surface area contributed by atoms with Crippen LogP contribution < -0.4 is 10.5 Å². The van der Waals surface area contributed by atoms with Gasteiger partial charge < -0.3 is 5.73 Å². The zero-order chi connectivity index (χ0) is 11.8. The molecule has 0 unspecified atom stereocenters. The Balaban J connectivity index is 2.16. The molecular formula is C10H15N3O2S. The Bertz CT molecular complexity index is 495. The van der Waals surface area contributed by atoms with Crippen molar-refractivity contribution in [3.05, 3.63) is 18.5 Å². The molecule has 0 bridgehead atoms. The quantitative estimate of drug-likeness (QED) is 0.814. The van der Waals surface area contributed by atoms with Crippen LogP contribution in [-0.2, 0) is 10.0 Å². The Hall–Kier alpha value is -1.14. The number of hydrogen-bond donors (Lipinski definition) is 2. The fourth-order valence-corrected chi connectivity index (χ4v) is 2.62. The summed E-state index contributed by atoms with van der Waals surface area (Å²) in [5.74, 6) is 0. The van der Waals surface area contributed by atoms with Crippen molar-refractivity contribution in [1.82, 2.24) is 9.71 Å². The monoisotopic (exact) mass is 241 g/mol. The Morgan fingerprint density at radius 2 is 2.25 bits per heavy atom. The summed E-state index contributed by atoms with van der Waals surface area (Å²) in [6.45, 7) is 2.52. The number of nitrogens with two attached hydrogens (primary N) is 1. The van der Waals surface area contributed by atoms with Crippen molar-refractivity contribution in [2.45, 2.75) is 24.7 Å². The maximum atomic E-state index is 11.9. The highest BCUT2D eigenvalue weighted by Crippen LogP contribution is 2.44. The van der Waals surface area contributed by atoms with E-state index in [1.54, 1.807) is 0 Å². The van der Waals surface area contributed by atoms with Crippen LogP contribution >= 0.6 is 0 Å². The fraction of sp³-hybridized carbons (Fsp3) is 0.500. The molecule has 1 aliphatic carbocycles. The first-order chi connectivity index (χ1) is 7.43. The average molecular weight is 241 g/mol. The van der Waals surface area contributed by atoms with Gasteiger partial charge in [0.05, 0.1) is 5.69 Å². The molecule has 88 valence electrons. The second-order valence-electron chi connectivity index (χ2n) is 4.55. The van der Waals surface area contributed by atoms with Gasteiger partial charge in [-0.15, -0.1) is 0 Å². The fourth-order valence-electron chi connectivity index (χ4n) is 1.35. The van der Waals surface area contributed by atoms with Crippen LogP contribution in [0.4, 0.5) is 5.69 Å². The van der Waals surface area contributed by atoms with E-state index in [2.05, 4.69) is 16.6 Å². The molecule has 1 saturated carbocycles. The second-order valence-corrected chi connectivity index (χ2v) is 6.28. The van der Waals surface area contributed by atoms with Gasteiger partial charge in [0, 0.05) is 18.9 Å². The number of rotatable bonds is 4. The molecule has 0 saturated heterocycles. The molecular weight excluding hydrogens is 226 g/mol. The van der Waals surface area contributed by atoms with Gasteiger partial charge >= 0.3 is 0 Å². The van der Waals surface area contributed by atoms with E-state index in [4.69, 9.17) is 5.73 Å². The summed E-state index contributed by atoms with van der Waals surface area (Å²) in [6, 6.07) is 1.48. The number of nitrogens with one attached hydrogen (secondary N) is 1. The van der Waals surface area contributed by atoms with Crippen molar-refractivity contribution in [3.8, 4) is 0 Å². The molecule has 1 aliphatic rings. The normalized spacial score (nSPS) is 18.3. The highest BCUT2D eigenvalue weighted by molar-refractivity contribution is 7.89. The Labute approximate surface area is 95.1 Å². The number of hydrogen-bond acceptors (Lipinski definition) is 4. The van der Waals surface area contributed by atoms with Gasteiger partial charge in [-0.25, -0.2) is 13.1 Å². The van der Waals surface area contributed by atoms with Gasteiger partial charge in [-0.2, -0.15) is 0 Å². The number of pyridine rings is 1. The second kappa shape index (κ2) is 3.71. The van der Waals surface area contributed by atoms with Crippen molar-refractivity contribution in [2.75, 3.05) is 12.3 Å². The van der Waals surface area contributed by atoms with E-state index in [1.807, 2.05) is 0 Å². The van der Waals surface area contributed by atoms with Crippen LogP contribution in [0.2, 0.25) is 0 Å². The molecule has 0 atom stereocenters. The minimum absolute atomic E-state index is 0.0549. The molecule has 0 aromatic carbocycles. The lowest BCUT2D eigenvalue weighted by Crippen LogP contribution is -2.29. The van der Waals surface area contributed by atoms with Crippen molar-refractivity contribution in [2.24, 2.45) is 5.41 Å². The summed E-state index contributed by atoms with van der Waals surface area (Å²) in [5, 5.41) is 0. The van der Waals surface area contributed by atoms with Crippen LogP contribution in [0.5, 0.6) is 0 Å². The van der Waals surface area contributed by atoms with Gasteiger partial charge in [0.2, 0.25) is 10.0 Å². The van der Waals surface area contributed by atoms with Gasteiger partial charge in [0.1, 0.15) is 4.90 Å². The van der Waals surface area contributed by atoms with Crippen molar-refractivity contribution >= 4 is 15.7 Å². The largest absolute Gasteiger partial charge is 0.398 e. The lowest BCUT2D eigenvalue weighted by molar-refractivity contribution is 0.530. The number of aromatic nitrogens is 1. The van der Waals surface area contributed by atoms with Gasteiger partial charge in [-0.3, -0.25) is 4.98 Å². The van der Waals surface area contributed by atoms with Crippen molar-refractivity contribution < 1.29 is 8.42 Å². The standard InChI is InChI=1S/C10H15N3O2S/c1-10(3-4-10)7-13-16(14,15)9-6-12-5-2-8(9)11/h2,5-6,13H,3-4,7H2,1H3,(H2,11,12). The smallest absolute Gasteiger partial charge is 0.244 e. The van der Waals surface area contributed by atoms with E-state index >= 15 is 0 Å². The van der Waals surface area contributed by atoms with Gasteiger partial charge in [-0.05, 0) is 24.3 Å². The molecule has 3 N–H and O–H groups in total. The molecule has 0 radical (unpaired) electrons. The zero-order valence-electron chi connectivity index (χ0n) is 9.10. The third-order valence-corrected chi connectivity index (χ3v) is 4.34. The highest BCUT2D eigenvalue weighted by atomic mass is 32.2. The van der Waals surface area contributed by atoms with Crippen LogP contribution in [0.25, 0.3) is 0 Å². The molecule has 1 aromatic rings. The van der Waals surface area contributed by atoms with E-state index in [0.29, 0.717) is 6.54 Å². The summed E-state index contributed by atoms with van der Waals surface area (Å²) >= 11 is 0. The minimum Gasteiger partial charge on any atom is -0.398 e. The number of nitrogens with zero attached hydrogens (tertiary/aromatic N) is 1. The van der Waals surface area contributed by atoms with Crippen LogP contribution in [0, 0.1) is 5.41 Å². The first-order valence-corrected chi connectivity index (χ1v) is 6.60. The number of sulfonamides is 1. The van der Waals surface area contributed by atoms with Gasteiger partial charge in [0.15, 0.2) is 0 Å². The molecule has 1 heterocycles. The average Bonchev–Trinajstić information content (AvgIpc) is 2.95. The number of nitrogen functional groups attached to an aromatic ring is 1. The van der Waals surface area contributed by atoms with Crippen LogP contribution in [0.1, 0.15) is 19.8 Å². The third kappa shape index (κ3) is 2.33. The summed E-state index contributed by atoms with van der Waals surface area (Å²) < 4.78 is 26.4.